The van der Waals surface area contributed by atoms with Gasteiger partial charge in [-0.15, -0.1) is 0 Å². The predicted octanol–water partition coefficient (Wildman–Crippen LogP) is 1.65. The van der Waals surface area contributed by atoms with Crippen molar-refractivity contribution in [2.45, 2.75) is 38.7 Å². The zero-order valence-corrected chi connectivity index (χ0v) is 10.6. The Labute approximate surface area is 98.2 Å². The van der Waals surface area contributed by atoms with Gasteiger partial charge in [0.25, 0.3) is 0 Å². The molecular formula is C12H23N3O. The lowest BCUT2D eigenvalue weighted by Crippen LogP contribution is -2.37. The standard InChI is InChI=1S/C12H23N3O/c1-4-11-14-9-12(2,10-15-11)16-8-6-5-7-13-3/h9,13H,4-8,10H2,1-3H3. The lowest BCUT2D eigenvalue weighted by molar-refractivity contribution is 0.0285. The van der Waals surface area contributed by atoms with Gasteiger partial charge in [0.15, 0.2) is 0 Å². The monoisotopic (exact) mass is 225 g/mol. The molecule has 1 rings (SSSR count). The third-order valence-electron chi connectivity index (χ3n) is 2.63. The molecular weight excluding hydrogens is 202 g/mol. The van der Waals surface area contributed by atoms with Crippen LogP contribution in [-0.4, -0.2) is 44.4 Å². The maximum absolute atomic E-state index is 5.83. The molecule has 1 aliphatic heterocycles. The average Bonchev–Trinajstić information content (AvgIpc) is 2.30. The molecule has 0 spiro atoms. The molecule has 92 valence electrons. The molecule has 0 saturated carbocycles. The summed E-state index contributed by atoms with van der Waals surface area (Å²) >= 11 is 0. The third kappa shape index (κ3) is 4.41. The van der Waals surface area contributed by atoms with E-state index in [-0.39, 0.29) is 5.60 Å². The van der Waals surface area contributed by atoms with Crippen LogP contribution in [0, 0.1) is 0 Å². The Morgan fingerprint density at radius 1 is 1.50 bits per heavy atom. The van der Waals surface area contributed by atoms with Crippen LogP contribution in [0.4, 0.5) is 0 Å². The third-order valence-corrected chi connectivity index (χ3v) is 2.63. The van der Waals surface area contributed by atoms with Crippen molar-refractivity contribution in [2.24, 2.45) is 9.98 Å². The summed E-state index contributed by atoms with van der Waals surface area (Å²) in [6.07, 6.45) is 5.02. The Kier molecular flexibility index (Phi) is 5.63. The molecule has 0 saturated heterocycles. The van der Waals surface area contributed by atoms with E-state index in [0.717, 1.165) is 38.2 Å². The Morgan fingerprint density at radius 3 is 2.88 bits per heavy atom. The Balaban J connectivity index is 2.22. The van der Waals surface area contributed by atoms with E-state index in [1.807, 2.05) is 20.2 Å². The number of unbranched alkanes of at least 4 members (excludes halogenated alkanes) is 1. The first-order valence-corrected chi connectivity index (χ1v) is 6.07. The van der Waals surface area contributed by atoms with Crippen molar-refractivity contribution in [1.29, 1.82) is 0 Å². The van der Waals surface area contributed by atoms with Gasteiger partial charge in [0.1, 0.15) is 11.4 Å². The summed E-state index contributed by atoms with van der Waals surface area (Å²) in [5.41, 5.74) is -0.293. The van der Waals surface area contributed by atoms with Crippen LogP contribution in [0.25, 0.3) is 0 Å². The fourth-order valence-corrected chi connectivity index (χ4v) is 1.54. The van der Waals surface area contributed by atoms with Crippen LogP contribution in [0.1, 0.15) is 33.1 Å². The lowest BCUT2D eigenvalue weighted by atomic mass is 10.1. The van der Waals surface area contributed by atoms with Gasteiger partial charge in [-0.05, 0) is 33.4 Å². The second-order valence-electron chi connectivity index (χ2n) is 4.32. The van der Waals surface area contributed by atoms with Crippen LogP contribution in [0.5, 0.6) is 0 Å². The van der Waals surface area contributed by atoms with Crippen LogP contribution in [-0.2, 0) is 4.74 Å². The minimum Gasteiger partial charge on any atom is -0.368 e. The predicted molar refractivity (Wildman–Crippen MR) is 68.6 cm³/mol. The molecule has 0 aromatic carbocycles. The van der Waals surface area contributed by atoms with Crippen LogP contribution >= 0.6 is 0 Å². The van der Waals surface area contributed by atoms with Gasteiger partial charge in [-0.2, -0.15) is 0 Å². The SMILES string of the molecule is CCC1=NCC(C)(OCCCCNC)C=N1. The maximum atomic E-state index is 5.83. The zero-order chi connectivity index (χ0) is 11.9. The van der Waals surface area contributed by atoms with E-state index >= 15 is 0 Å². The second-order valence-corrected chi connectivity index (χ2v) is 4.32. The van der Waals surface area contributed by atoms with E-state index in [0.29, 0.717) is 6.54 Å². The minimum atomic E-state index is -0.293. The Morgan fingerprint density at radius 2 is 2.31 bits per heavy atom. The van der Waals surface area contributed by atoms with Gasteiger partial charge < -0.3 is 10.1 Å². The average molecular weight is 225 g/mol. The molecule has 4 nitrogen and oxygen atoms in total. The van der Waals surface area contributed by atoms with Gasteiger partial charge in [-0.25, -0.2) is 4.99 Å². The molecule has 0 aromatic heterocycles. The quantitative estimate of drug-likeness (QED) is 0.670. The molecule has 1 unspecified atom stereocenters. The molecule has 1 atom stereocenters. The maximum Gasteiger partial charge on any atom is 0.122 e. The molecule has 0 bridgehead atoms. The summed E-state index contributed by atoms with van der Waals surface area (Å²) in [5.74, 6) is 0.927. The number of hydrogen-bond acceptors (Lipinski definition) is 4. The van der Waals surface area contributed by atoms with Crippen molar-refractivity contribution in [2.75, 3.05) is 26.7 Å². The van der Waals surface area contributed by atoms with Crippen molar-refractivity contribution in [1.82, 2.24) is 5.32 Å². The van der Waals surface area contributed by atoms with Crippen molar-refractivity contribution in [3.05, 3.63) is 0 Å². The van der Waals surface area contributed by atoms with Gasteiger partial charge >= 0.3 is 0 Å². The first kappa shape index (κ1) is 13.3. The number of rotatable bonds is 7. The number of nitrogens with one attached hydrogen (secondary N) is 1. The molecule has 1 N–H and O–H groups in total. The number of amidine groups is 1. The summed E-state index contributed by atoms with van der Waals surface area (Å²) in [6.45, 7) is 6.64. The molecule has 0 aliphatic carbocycles. The Bertz CT molecular complexity index is 263. The zero-order valence-electron chi connectivity index (χ0n) is 10.6. The molecule has 16 heavy (non-hydrogen) atoms. The van der Waals surface area contributed by atoms with E-state index in [1.165, 1.54) is 0 Å². The number of nitrogens with zero attached hydrogens (tertiary/aromatic N) is 2. The number of ether oxygens (including phenoxy) is 1. The molecule has 0 aromatic rings. The summed E-state index contributed by atoms with van der Waals surface area (Å²) in [6, 6.07) is 0. The van der Waals surface area contributed by atoms with Crippen molar-refractivity contribution >= 4 is 12.1 Å². The van der Waals surface area contributed by atoms with E-state index in [2.05, 4.69) is 22.2 Å². The first-order chi connectivity index (χ1) is 7.70. The van der Waals surface area contributed by atoms with Gasteiger partial charge in [-0.1, -0.05) is 6.92 Å². The molecule has 4 heteroatoms. The van der Waals surface area contributed by atoms with E-state index < -0.39 is 0 Å². The highest BCUT2D eigenvalue weighted by atomic mass is 16.5. The molecule has 1 heterocycles. The molecule has 1 aliphatic rings. The van der Waals surface area contributed by atoms with Crippen molar-refractivity contribution in [3.63, 3.8) is 0 Å². The summed E-state index contributed by atoms with van der Waals surface area (Å²) in [7, 11) is 1.97. The number of aliphatic imine (C=N–C) groups is 2. The van der Waals surface area contributed by atoms with Gasteiger partial charge in [0, 0.05) is 19.2 Å². The van der Waals surface area contributed by atoms with Gasteiger partial charge in [0.05, 0.1) is 6.54 Å². The summed E-state index contributed by atoms with van der Waals surface area (Å²) in [5, 5.41) is 3.13. The first-order valence-electron chi connectivity index (χ1n) is 6.07. The fourth-order valence-electron chi connectivity index (χ4n) is 1.54. The minimum absolute atomic E-state index is 0.293. The summed E-state index contributed by atoms with van der Waals surface area (Å²) in [4.78, 5) is 8.70. The molecule has 0 radical (unpaired) electrons. The number of hydrogen-bond donors (Lipinski definition) is 1. The van der Waals surface area contributed by atoms with Crippen LogP contribution in [0.3, 0.4) is 0 Å². The van der Waals surface area contributed by atoms with Crippen LogP contribution < -0.4 is 5.32 Å². The highest BCUT2D eigenvalue weighted by molar-refractivity contribution is 5.93. The lowest BCUT2D eigenvalue weighted by Gasteiger charge is -2.26. The topological polar surface area (TPSA) is 46.0 Å². The van der Waals surface area contributed by atoms with Crippen LogP contribution in [0.2, 0.25) is 0 Å². The van der Waals surface area contributed by atoms with Crippen LogP contribution in [0.15, 0.2) is 9.98 Å². The smallest absolute Gasteiger partial charge is 0.122 e. The second kappa shape index (κ2) is 6.76. The van der Waals surface area contributed by atoms with Crippen molar-refractivity contribution < 1.29 is 4.74 Å². The van der Waals surface area contributed by atoms with E-state index in [4.69, 9.17) is 4.74 Å². The van der Waals surface area contributed by atoms with Gasteiger partial charge in [0.2, 0.25) is 0 Å². The fraction of sp³-hybridized carbons (Fsp3) is 0.833. The normalized spacial score (nSPS) is 24.6. The van der Waals surface area contributed by atoms with E-state index in [1.54, 1.807) is 0 Å². The summed E-state index contributed by atoms with van der Waals surface area (Å²) < 4.78 is 5.83. The highest BCUT2D eigenvalue weighted by Crippen LogP contribution is 2.13. The van der Waals surface area contributed by atoms with Crippen molar-refractivity contribution in [3.8, 4) is 0 Å². The van der Waals surface area contributed by atoms with Gasteiger partial charge in [-0.3, -0.25) is 4.99 Å². The largest absolute Gasteiger partial charge is 0.368 e. The van der Waals surface area contributed by atoms with E-state index in [9.17, 15) is 0 Å². The Hall–Kier alpha value is -0.740. The molecule has 0 amide bonds. The highest BCUT2D eigenvalue weighted by Gasteiger charge is 2.25. The molecule has 0 fully saturated rings.